The van der Waals surface area contributed by atoms with Crippen LogP contribution in [0.25, 0.3) is 0 Å². The lowest BCUT2D eigenvalue weighted by molar-refractivity contribution is 0.0908. The van der Waals surface area contributed by atoms with Crippen LogP contribution in [-0.2, 0) is 26.1 Å². The number of amides is 1. The average Bonchev–Trinajstić information content (AvgIpc) is 2.97. The molecule has 0 saturated carbocycles. The van der Waals surface area contributed by atoms with Crippen LogP contribution in [0.1, 0.15) is 27.4 Å². The summed E-state index contributed by atoms with van der Waals surface area (Å²) in [4.78, 5) is 11.8. The Balaban J connectivity index is 1.97. The third-order valence-electron chi connectivity index (χ3n) is 3.35. The topological polar surface area (TPSA) is 85.6 Å². The summed E-state index contributed by atoms with van der Waals surface area (Å²) in [7, 11) is -1.84. The van der Waals surface area contributed by atoms with E-state index in [1.54, 1.807) is 12.1 Å². The molecule has 130 valence electrons. The minimum absolute atomic E-state index is 0.0661. The number of methoxy groups -OCH3 is 1. The number of hydrogen-bond acceptors (Lipinski definition) is 5. The Labute approximate surface area is 141 Å². The number of ether oxygens (including phenoxy) is 1. The predicted octanol–water partition coefficient (Wildman–Crippen LogP) is 2.08. The first-order valence-corrected chi connectivity index (χ1v) is 9.33. The van der Waals surface area contributed by atoms with Crippen molar-refractivity contribution in [1.29, 1.82) is 0 Å². The van der Waals surface area contributed by atoms with E-state index < -0.39 is 15.7 Å². The Morgan fingerprint density at radius 2 is 1.83 bits per heavy atom. The monoisotopic (exact) mass is 351 g/mol. The van der Waals surface area contributed by atoms with Gasteiger partial charge >= 0.3 is 0 Å². The fourth-order valence-electron chi connectivity index (χ4n) is 2.14. The lowest BCUT2D eigenvalue weighted by Gasteiger charge is -2.04. The van der Waals surface area contributed by atoms with Crippen LogP contribution in [0.5, 0.6) is 0 Å². The molecule has 0 radical (unpaired) electrons. The van der Waals surface area contributed by atoms with Gasteiger partial charge in [-0.1, -0.05) is 29.8 Å². The predicted molar refractivity (Wildman–Crippen MR) is 90.4 cm³/mol. The number of furan rings is 1. The van der Waals surface area contributed by atoms with Crippen molar-refractivity contribution in [3.63, 3.8) is 0 Å². The molecule has 24 heavy (non-hydrogen) atoms. The summed E-state index contributed by atoms with van der Waals surface area (Å²) in [6, 6.07) is 10.3. The Bertz CT molecular complexity index is 778. The van der Waals surface area contributed by atoms with E-state index >= 15 is 0 Å². The molecule has 1 N–H and O–H groups in total. The molecule has 6 nitrogen and oxygen atoms in total. The van der Waals surface area contributed by atoms with Crippen LogP contribution >= 0.6 is 0 Å². The molecule has 0 aliphatic heterocycles. The van der Waals surface area contributed by atoms with Gasteiger partial charge in [-0.05, 0) is 24.6 Å². The molecule has 0 bridgehead atoms. The summed E-state index contributed by atoms with van der Waals surface area (Å²) in [6.07, 6.45) is 0. The Hall–Kier alpha value is -2.12. The van der Waals surface area contributed by atoms with Crippen LogP contribution in [0.4, 0.5) is 0 Å². The van der Waals surface area contributed by atoms with Crippen LogP contribution in [0.3, 0.4) is 0 Å². The molecule has 0 saturated heterocycles. The van der Waals surface area contributed by atoms with Crippen LogP contribution < -0.4 is 5.32 Å². The first-order valence-electron chi connectivity index (χ1n) is 7.51. The number of carbonyl (C=O) groups excluding carboxylic acids is 1. The van der Waals surface area contributed by atoms with Crippen LogP contribution in [0, 0.1) is 6.92 Å². The van der Waals surface area contributed by atoms with Gasteiger partial charge in [0.25, 0.3) is 5.91 Å². The van der Waals surface area contributed by atoms with Gasteiger partial charge in [0.05, 0.1) is 12.4 Å². The number of hydrogen-bond donors (Lipinski definition) is 1. The van der Waals surface area contributed by atoms with E-state index in [1.165, 1.54) is 19.2 Å². The smallest absolute Gasteiger partial charge is 0.287 e. The second kappa shape index (κ2) is 8.12. The van der Waals surface area contributed by atoms with Gasteiger partial charge in [-0.25, -0.2) is 8.42 Å². The number of carbonyl (C=O) groups is 1. The molecule has 1 amide bonds. The van der Waals surface area contributed by atoms with Crippen LogP contribution in [0.2, 0.25) is 0 Å². The molecule has 0 aliphatic rings. The summed E-state index contributed by atoms with van der Waals surface area (Å²) in [6.45, 7) is 2.70. The minimum atomic E-state index is -3.38. The van der Waals surface area contributed by atoms with Gasteiger partial charge in [0, 0.05) is 13.7 Å². The largest absolute Gasteiger partial charge is 0.455 e. The van der Waals surface area contributed by atoms with Crippen molar-refractivity contribution in [2.45, 2.75) is 18.4 Å². The molecule has 0 atom stereocenters. The lowest BCUT2D eigenvalue weighted by atomic mass is 10.2. The molecule has 0 spiro atoms. The Morgan fingerprint density at radius 1 is 1.12 bits per heavy atom. The van der Waals surface area contributed by atoms with Crippen molar-refractivity contribution >= 4 is 15.7 Å². The second-order valence-corrected chi connectivity index (χ2v) is 7.60. The molecular weight excluding hydrogens is 330 g/mol. The number of sulfone groups is 1. The van der Waals surface area contributed by atoms with E-state index in [0.717, 1.165) is 11.1 Å². The molecular formula is C17H21NO5S. The maximum Gasteiger partial charge on any atom is 0.287 e. The van der Waals surface area contributed by atoms with Crippen LogP contribution in [0.15, 0.2) is 40.8 Å². The van der Waals surface area contributed by atoms with Gasteiger partial charge in [-0.15, -0.1) is 0 Å². The molecule has 2 aromatic rings. The SMILES string of the molecule is COCCNC(=O)c1ccc(CS(=O)(=O)Cc2ccc(C)cc2)o1. The maximum atomic E-state index is 12.3. The maximum absolute atomic E-state index is 12.3. The first-order chi connectivity index (χ1) is 11.4. The van der Waals surface area contributed by atoms with Crippen molar-refractivity contribution in [1.82, 2.24) is 5.32 Å². The number of rotatable bonds is 8. The number of nitrogens with one attached hydrogen (secondary N) is 1. The van der Waals surface area contributed by atoms with E-state index in [4.69, 9.17) is 9.15 Å². The molecule has 0 fully saturated rings. The quantitative estimate of drug-likeness (QED) is 0.736. The lowest BCUT2D eigenvalue weighted by Crippen LogP contribution is -2.26. The molecule has 1 aromatic carbocycles. The van der Waals surface area contributed by atoms with Crippen molar-refractivity contribution in [3.05, 3.63) is 59.0 Å². The zero-order chi connectivity index (χ0) is 17.6. The third-order valence-corrected chi connectivity index (χ3v) is 4.84. The highest BCUT2D eigenvalue weighted by Crippen LogP contribution is 2.15. The van der Waals surface area contributed by atoms with Gasteiger partial charge in [0.1, 0.15) is 11.5 Å². The van der Waals surface area contributed by atoms with Gasteiger partial charge in [0.15, 0.2) is 15.6 Å². The molecule has 1 aromatic heterocycles. The summed E-state index contributed by atoms with van der Waals surface area (Å²) >= 11 is 0. The zero-order valence-corrected chi connectivity index (χ0v) is 14.6. The highest BCUT2D eigenvalue weighted by atomic mass is 32.2. The third kappa shape index (κ3) is 5.50. The number of aryl methyl sites for hydroxylation is 1. The standard InChI is InChI=1S/C17H21NO5S/c1-13-3-5-14(6-4-13)11-24(20,21)12-15-7-8-16(23-15)17(19)18-9-10-22-2/h3-8H,9-12H2,1-2H3,(H,18,19). The molecule has 1 heterocycles. The molecule has 0 unspecified atom stereocenters. The fourth-order valence-corrected chi connectivity index (χ4v) is 3.53. The minimum Gasteiger partial charge on any atom is -0.455 e. The van der Waals surface area contributed by atoms with E-state index in [1.807, 2.05) is 19.1 Å². The summed E-state index contributed by atoms with van der Waals surface area (Å²) in [5.41, 5.74) is 1.80. The second-order valence-electron chi connectivity index (χ2n) is 5.53. The molecule has 7 heteroatoms. The molecule has 2 rings (SSSR count). The van der Waals surface area contributed by atoms with E-state index in [-0.39, 0.29) is 23.0 Å². The highest BCUT2D eigenvalue weighted by molar-refractivity contribution is 7.89. The fraction of sp³-hybridized carbons (Fsp3) is 0.353. The molecule has 0 aliphatic carbocycles. The van der Waals surface area contributed by atoms with E-state index in [0.29, 0.717) is 13.2 Å². The summed E-state index contributed by atoms with van der Waals surface area (Å²) in [5, 5.41) is 2.61. The van der Waals surface area contributed by atoms with E-state index in [2.05, 4.69) is 5.32 Å². The van der Waals surface area contributed by atoms with Crippen molar-refractivity contribution in [3.8, 4) is 0 Å². The highest BCUT2D eigenvalue weighted by Gasteiger charge is 2.18. The first kappa shape index (κ1) is 18.2. The zero-order valence-electron chi connectivity index (χ0n) is 13.7. The Kier molecular flexibility index (Phi) is 6.16. The average molecular weight is 351 g/mol. The van der Waals surface area contributed by atoms with Gasteiger partial charge in [-0.2, -0.15) is 0 Å². The van der Waals surface area contributed by atoms with Gasteiger partial charge in [0.2, 0.25) is 0 Å². The summed E-state index contributed by atoms with van der Waals surface area (Å²) < 4.78 is 34.7. The summed E-state index contributed by atoms with van der Waals surface area (Å²) in [5.74, 6) is -0.366. The van der Waals surface area contributed by atoms with Gasteiger partial charge < -0.3 is 14.5 Å². The van der Waals surface area contributed by atoms with Crippen molar-refractivity contribution in [2.24, 2.45) is 0 Å². The van der Waals surface area contributed by atoms with Crippen molar-refractivity contribution < 1.29 is 22.4 Å². The van der Waals surface area contributed by atoms with Gasteiger partial charge in [-0.3, -0.25) is 4.79 Å². The Morgan fingerprint density at radius 3 is 2.50 bits per heavy atom. The van der Waals surface area contributed by atoms with E-state index in [9.17, 15) is 13.2 Å². The normalized spacial score (nSPS) is 11.4. The van der Waals surface area contributed by atoms with Crippen molar-refractivity contribution in [2.75, 3.05) is 20.3 Å². The number of benzene rings is 1. The van der Waals surface area contributed by atoms with Crippen LogP contribution in [-0.4, -0.2) is 34.6 Å².